The highest BCUT2D eigenvalue weighted by molar-refractivity contribution is 5.78. The highest BCUT2D eigenvalue weighted by atomic mass is 19.3. The van der Waals surface area contributed by atoms with E-state index >= 15 is 0 Å². The second-order valence-corrected chi connectivity index (χ2v) is 2.72. The number of aromatic nitrogens is 1. The Bertz CT molecular complexity index is 445. The molecule has 1 heterocycles. The summed E-state index contributed by atoms with van der Waals surface area (Å²) in [5.41, 5.74) is 0.644. The van der Waals surface area contributed by atoms with E-state index in [-0.39, 0.29) is 5.88 Å². The summed E-state index contributed by atoms with van der Waals surface area (Å²) in [6.45, 7) is -2.83. The zero-order chi connectivity index (χ0) is 9.97. The molecular weight excluding hydrogens is 188 g/mol. The number of ether oxygens (including phenoxy) is 1. The van der Waals surface area contributed by atoms with Crippen molar-refractivity contribution >= 4 is 10.9 Å². The second kappa shape index (κ2) is 3.57. The molecule has 2 nitrogen and oxygen atoms in total. The zero-order valence-corrected chi connectivity index (χ0v) is 7.15. The fourth-order valence-electron chi connectivity index (χ4n) is 1.20. The van der Waals surface area contributed by atoms with Gasteiger partial charge in [0.15, 0.2) is 0 Å². The Hall–Kier alpha value is -1.71. The van der Waals surface area contributed by atoms with Gasteiger partial charge in [0.2, 0.25) is 5.88 Å². The Balaban J connectivity index is 2.41. The van der Waals surface area contributed by atoms with Gasteiger partial charge in [-0.3, -0.25) is 0 Å². The van der Waals surface area contributed by atoms with E-state index in [0.717, 1.165) is 5.39 Å². The number of alkyl halides is 2. The van der Waals surface area contributed by atoms with Gasteiger partial charge in [0, 0.05) is 11.5 Å². The van der Waals surface area contributed by atoms with E-state index in [9.17, 15) is 8.78 Å². The minimum Gasteiger partial charge on any atom is -0.417 e. The van der Waals surface area contributed by atoms with Gasteiger partial charge in [-0.15, -0.1) is 0 Å². The van der Waals surface area contributed by atoms with Crippen LogP contribution in [0.2, 0.25) is 0 Å². The second-order valence-electron chi connectivity index (χ2n) is 2.72. The maximum atomic E-state index is 11.9. The van der Waals surface area contributed by atoms with E-state index in [2.05, 4.69) is 9.72 Å². The predicted molar refractivity (Wildman–Crippen MR) is 48.4 cm³/mol. The van der Waals surface area contributed by atoms with Gasteiger partial charge in [0.05, 0.1) is 5.52 Å². The van der Waals surface area contributed by atoms with Gasteiger partial charge < -0.3 is 4.74 Å². The quantitative estimate of drug-likeness (QED) is 0.735. The van der Waals surface area contributed by atoms with Crippen LogP contribution in [-0.4, -0.2) is 11.6 Å². The zero-order valence-electron chi connectivity index (χ0n) is 7.15. The molecule has 0 saturated heterocycles. The van der Waals surface area contributed by atoms with Crippen molar-refractivity contribution in [1.29, 1.82) is 0 Å². The van der Waals surface area contributed by atoms with Crippen LogP contribution >= 0.6 is 0 Å². The lowest BCUT2D eigenvalue weighted by Gasteiger charge is -2.03. The van der Waals surface area contributed by atoms with Crippen LogP contribution in [0.4, 0.5) is 8.78 Å². The molecule has 0 spiro atoms. The molecule has 2 aromatic rings. The van der Waals surface area contributed by atoms with Gasteiger partial charge in [-0.2, -0.15) is 8.78 Å². The van der Waals surface area contributed by atoms with Crippen molar-refractivity contribution in [2.45, 2.75) is 6.61 Å². The van der Waals surface area contributed by atoms with Gasteiger partial charge in [0.1, 0.15) is 0 Å². The number of para-hydroxylation sites is 1. The van der Waals surface area contributed by atoms with E-state index in [0.29, 0.717) is 5.52 Å². The third-order valence-electron chi connectivity index (χ3n) is 1.78. The summed E-state index contributed by atoms with van der Waals surface area (Å²) in [5, 5.41) is 0.897. The molecule has 0 radical (unpaired) electrons. The summed E-state index contributed by atoms with van der Waals surface area (Å²) >= 11 is 0. The summed E-state index contributed by atoms with van der Waals surface area (Å²) in [6.07, 6.45) is 0. The molecule has 0 unspecified atom stereocenters. The number of pyridine rings is 1. The number of hydrogen-bond donors (Lipinski definition) is 0. The van der Waals surface area contributed by atoms with Gasteiger partial charge in [-0.05, 0) is 12.1 Å². The molecule has 0 bridgehead atoms. The van der Waals surface area contributed by atoms with Crippen molar-refractivity contribution in [2.75, 3.05) is 0 Å². The van der Waals surface area contributed by atoms with Crippen LogP contribution in [0.1, 0.15) is 0 Å². The molecule has 1 aromatic carbocycles. The van der Waals surface area contributed by atoms with Crippen molar-refractivity contribution in [3.05, 3.63) is 36.4 Å². The first-order valence-electron chi connectivity index (χ1n) is 4.06. The Kier molecular flexibility index (Phi) is 2.26. The van der Waals surface area contributed by atoms with E-state index < -0.39 is 6.61 Å². The Labute approximate surface area is 79.1 Å². The predicted octanol–water partition coefficient (Wildman–Crippen LogP) is 2.84. The standard InChI is InChI=1S/C10H7F2NO/c11-10(12)14-9-6-5-7-3-1-2-4-8(7)13-9/h1-6,10H. The molecule has 0 aliphatic heterocycles. The number of halogens is 2. The van der Waals surface area contributed by atoms with Crippen LogP contribution in [0.3, 0.4) is 0 Å². The third kappa shape index (κ3) is 1.79. The lowest BCUT2D eigenvalue weighted by molar-refractivity contribution is -0.0526. The Morgan fingerprint density at radius 2 is 1.86 bits per heavy atom. The maximum absolute atomic E-state index is 11.9. The van der Waals surface area contributed by atoms with E-state index in [4.69, 9.17) is 0 Å². The summed E-state index contributed by atoms with van der Waals surface area (Å²) in [5.74, 6) is -0.0568. The molecule has 4 heteroatoms. The molecule has 72 valence electrons. The first-order valence-corrected chi connectivity index (χ1v) is 4.06. The minimum atomic E-state index is -2.83. The van der Waals surface area contributed by atoms with E-state index in [1.165, 1.54) is 6.07 Å². The minimum absolute atomic E-state index is 0.0568. The first kappa shape index (κ1) is 8.87. The van der Waals surface area contributed by atoms with Crippen molar-refractivity contribution in [1.82, 2.24) is 4.98 Å². The summed E-state index contributed by atoms with van der Waals surface area (Å²) < 4.78 is 27.9. The normalized spacial score (nSPS) is 10.8. The fourth-order valence-corrected chi connectivity index (χ4v) is 1.20. The molecule has 2 rings (SSSR count). The van der Waals surface area contributed by atoms with E-state index in [1.807, 2.05) is 12.1 Å². The van der Waals surface area contributed by atoms with Gasteiger partial charge in [0.25, 0.3) is 0 Å². The topological polar surface area (TPSA) is 22.1 Å². The Morgan fingerprint density at radius 3 is 2.64 bits per heavy atom. The monoisotopic (exact) mass is 195 g/mol. The van der Waals surface area contributed by atoms with Crippen LogP contribution in [0, 0.1) is 0 Å². The van der Waals surface area contributed by atoms with Crippen LogP contribution in [0.25, 0.3) is 10.9 Å². The molecule has 0 atom stereocenters. The summed E-state index contributed by atoms with van der Waals surface area (Å²) in [6, 6.07) is 10.4. The molecule has 0 aliphatic rings. The van der Waals surface area contributed by atoms with Crippen LogP contribution in [-0.2, 0) is 0 Å². The lowest BCUT2D eigenvalue weighted by Crippen LogP contribution is -2.03. The van der Waals surface area contributed by atoms with E-state index in [1.54, 1.807) is 18.2 Å². The van der Waals surface area contributed by atoms with Crippen molar-refractivity contribution in [3.8, 4) is 5.88 Å². The SMILES string of the molecule is FC(F)Oc1ccc2ccccc2n1. The van der Waals surface area contributed by atoms with Gasteiger partial charge >= 0.3 is 6.61 Å². The number of rotatable bonds is 2. The van der Waals surface area contributed by atoms with Crippen LogP contribution < -0.4 is 4.74 Å². The molecule has 0 aliphatic carbocycles. The van der Waals surface area contributed by atoms with Crippen molar-refractivity contribution in [3.63, 3.8) is 0 Å². The molecule has 0 amide bonds. The number of nitrogens with zero attached hydrogens (tertiary/aromatic N) is 1. The third-order valence-corrected chi connectivity index (χ3v) is 1.78. The average Bonchev–Trinajstić information content (AvgIpc) is 2.17. The average molecular weight is 195 g/mol. The lowest BCUT2D eigenvalue weighted by atomic mass is 10.2. The van der Waals surface area contributed by atoms with Crippen LogP contribution in [0.5, 0.6) is 5.88 Å². The van der Waals surface area contributed by atoms with Crippen LogP contribution in [0.15, 0.2) is 36.4 Å². The smallest absolute Gasteiger partial charge is 0.388 e. The molecule has 0 saturated carbocycles. The largest absolute Gasteiger partial charge is 0.417 e. The first-order chi connectivity index (χ1) is 6.75. The molecule has 14 heavy (non-hydrogen) atoms. The summed E-state index contributed by atoms with van der Waals surface area (Å²) in [7, 11) is 0. The van der Waals surface area contributed by atoms with Gasteiger partial charge in [-0.1, -0.05) is 18.2 Å². The van der Waals surface area contributed by atoms with Crippen molar-refractivity contribution < 1.29 is 13.5 Å². The summed E-state index contributed by atoms with van der Waals surface area (Å²) in [4.78, 5) is 3.91. The molecule has 0 N–H and O–H groups in total. The Morgan fingerprint density at radius 1 is 1.07 bits per heavy atom. The fraction of sp³-hybridized carbons (Fsp3) is 0.100. The molecular formula is C10H7F2NO. The molecule has 1 aromatic heterocycles. The number of fused-ring (bicyclic) bond motifs is 1. The molecule has 0 fully saturated rings. The highest BCUT2D eigenvalue weighted by Crippen LogP contribution is 2.17. The van der Waals surface area contributed by atoms with Gasteiger partial charge in [-0.25, -0.2) is 4.98 Å². The van der Waals surface area contributed by atoms with Crippen molar-refractivity contribution in [2.24, 2.45) is 0 Å². The number of hydrogen-bond acceptors (Lipinski definition) is 2. The maximum Gasteiger partial charge on any atom is 0.388 e. The number of benzene rings is 1. The highest BCUT2D eigenvalue weighted by Gasteiger charge is 2.05.